The molecule has 5 heteroatoms. The van der Waals surface area contributed by atoms with Crippen LogP contribution in [0.3, 0.4) is 0 Å². The molecular weight excluding hydrogens is 382 g/mol. The third-order valence-corrected chi connectivity index (χ3v) is 4.28. The number of carbonyl (C=O) groups excluding carboxylic acids is 1. The van der Waals surface area contributed by atoms with Crippen molar-refractivity contribution in [2.45, 2.75) is 20.3 Å². The number of pyridine rings is 1. The number of hydrogen-bond acceptors (Lipinski definition) is 4. The third kappa shape index (κ3) is 4.17. The fraction of sp³-hybridized carbons (Fsp3) is 0.200. The van der Waals surface area contributed by atoms with Gasteiger partial charge < -0.3 is 9.47 Å². The predicted octanol–water partition coefficient (Wildman–Crippen LogP) is 5.78. The Morgan fingerprint density at radius 2 is 1.96 bits per heavy atom. The molecule has 0 aliphatic rings. The molecule has 0 aliphatic carbocycles. The highest BCUT2D eigenvalue weighted by molar-refractivity contribution is 9.10. The van der Waals surface area contributed by atoms with Crippen molar-refractivity contribution in [3.8, 4) is 17.4 Å². The molecule has 3 aromatic rings. The zero-order valence-corrected chi connectivity index (χ0v) is 15.7. The first kappa shape index (κ1) is 17.4. The molecule has 0 aliphatic heterocycles. The minimum atomic E-state index is 0.0385. The largest absolute Gasteiger partial charge is 0.494 e. The Morgan fingerprint density at radius 3 is 2.68 bits per heavy atom. The van der Waals surface area contributed by atoms with E-state index in [0.29, 0.717) is 23.8 Å². The van der Waals surface area contributed by atoms with Crippen molar-refractivity contribution in [1.29, 1.82) is 0 Å². The van der Waals surface area contributed by atoms with Crippen LogP contribution in [-0.2, 0) is 0 Å². The molecule has 0 N–H and O–H groups in total. The molecular formula is C20H18BrNO3. The topological polar surface area (TPSA) is 48.4 Å². The normalized spacial score (nSPS) is 10.7. The van der Waals surface area contributed by atoms with Crippen LogP contribution in [0.2, 0.25) is 0 Å². The van der Waals surface area contributed by atoms with Gasteiger partial charge in [-0.3, -0.25) is 4.79 Å². The number of fused-ring (bicyclic) bond motifs is 1. The molecule has 4 nitrogen and oxygen atoms in total. The van der Waals surface area contributed by atoms with E-state index in [1.807, 2.05) is 36.4 Å². The molecule has 0 spiro atoms. The number of halogens is 1. The number of ether oxygens (including phenoxy) is 2. The summed E-state index contributed by atoms with van der Waals surface area (Å²) in [5.74, 6) is 1.99. The molecule has 0 unspecified atom stereocenters. The molecule has 0 atom stereocenters. The lowest BCUT2D eigenvalue weighted by atomic mass is 10.1. The van der Waals surface area contributed by atoms with Crippen molar-refractivity contribution in [2.75, 3.05) is 6.61 Å². The van der Waals surface area contributed by atoms with E-state index >= 15 is 0 Å². The Hall–Kier alpha value is -2.40. The lowest BCUT2D eigenvalue weighted by Crippen LogP contribution is -1.96. The summed E-state index contributed by atoms with van der Waals surface area (Å²) in [5, 5.41) is 0.905. The molecule has 25 heavy (non-hydrogen) atoms. The van der Waals surface area contributed by atoms with Gasteiger partial charge in [0.15, 0.2) is 5.78 Å². The molecule has 0 bridgehead atoms. The van der Waals surface area contributed by atoms with Gasteiger partial charge in [-0.05, 0) is 71.7 Å². The Morgan fingerprint density at radius 1 is 1.12 bits per heavy atom. The Kier molecular flexibility index (Phi) is 5.34. The second-order valence-corrected chi connectivity index (χ2v) is 6.51. The Bertz CT molecular complexity index is 924. The van der Waals surface area contributed by atoms with Gasteiger partial charge in [0, 0.05) is 17.0 Å². The van der Waals surface area contributed by atoms with Gasteiger partial charge >= 0.3 is 0 Å². The van der Waals surface area contributed by atoms with Gasteiger partial charge in [0.1, 0.15) is 11.5 Å². The van der Waals surface area contributed by atoms with Crippen molar-refractivity contribution in [2.24, 2.45) is 0 Å². The zero-order valence-electron chi connectivity index (χ0n) is 14.1. The van der Waals surface area contributed by atoms with Gasteiger partial charge in [0.05, 0.1) is 16.6 Å². The molecule has 0 amide bonds. The van der Waals surface area contributed by atoms with Gasteiger partial charge in [-0.1, -0.05) is 6.92 Å². The lowest BCUT2D eigenvalue weighted by molar-refractivity contribution is 0.101. The van der Waals surface area contributed by atoms with Crippen LogP contribution in [0.1, 0.15) is 30.6 Å². The summed E-state index contributed by atoms with van der Waals surface area (Å²) in [6.07, 6.45) is 0.961. The van der Waals surface area contributed by atoms with Crippen LogP contribution >= 0.6 is 15.9 Å². The Balaban J connectivity index is 1.83. The lowest BCUT2D eigenvalue weighted by Gasteiger charge is -2.10. The van der Waals surface area contributed by atoms with Gasteiger partial charge in [0.25, 0.3) is 0 Å². The zero-order chi connectivity index (χ0) is 17.8. The molecule has 128 valence electrons. The summed E-state index contributed by atoms with van der Waals surface area (Å²) in [7, 11) is 0. The van der Waals surface area contributed by atoms with Gasteiger partial charge in [0.2, 0.25) is 5.88 Å². The monoisotopic (exact) mass is 399 g/mol. The number of aromatic nitrogens is 1. The fourth-order valence-electron chi connectivity index (χ4n) is 2.37. The summed E-state index contributed by atoms with van der Waals surface area (Å²) >= 11 is 3.50. The number of carbonyl (C=O) groups is 1. The second kappa shape index (κ2) is 7.66. The molecule has 0 fully saturated rings. The van der Waals surface area contributed by atoms with Crippen molar-refractivity contribution in [1.82, 2.24) is 4.98 Å². The Labute approximate surface area is 154 Å². The summed E-state index contributed by atoms with van der Waals surface area (Å²) in [6, 6.07) is 14.7. The van der Waals surface area contributed by atoms with Crippen molar-refractivity contribution >= 4 is 32.6 Å². The van der Waals surface area contributed by atoms with Crippen LogP contribution < -0.4 is 9.47 Å². The molecule has 0 saturated heterocycles. The summed E-state index contributed by atoms with van der Waals surface area (Å²) in [5.41, 5.74) is 1.45. The highest BCUT2D eigenvalue weighted by Crippen LogP contribution is 2.32. The number of Topliss-reactive ketones (excluding diaryl/α,β-unsaturated/α-hetero) is 1. The van der Waals surface area contributed by atoms with Crippen molar-refractivity contribution in [3.05, 3.63) is 58.6 Å². The fourth-order valence-corrected chi connectivity index (χ4v) is 2.81. The molecule has 1 heterocycles. The predicted molar refractivity (Wildman–Crippen MR) is 102 cm³/mol. The SMILES string of the molecule is CCCOc1ccc(Oc2ccc3cc(C(C)=O)ccc3n2)c(Br)c1. The maximum atomic E-state index is 11.5. The highest BCUT2D eigenvalue weighted by atomic mass is 79.9. The van der Waals surface area contributed by atoms with Crippen LogP contribution in [0.15, 0.2) is 53.0 Å². The van der Waals surface area contributed by atoms with E-state index in [9.17, 15) is 4.79 Å². The van der Waals surface area contributed by atoms with Crippen LogP contribution in [-0.4, -0.2) is 17.4 Å². The van der Waals surface area contributed by atoms with Crippen LogP contribution in [0, 0.1) is 0 Å². The number of nitrogens with zero attached hydrogens (tertiary/aromatic N) is 1. The first-order chi connectivity index (χ1) is 12.1. The summed E-state index contributed by atoms with van der Waals surface area (Å²) in [4.78, 5) is 16.0. The molecule has 3 rings (SSSR count). The maximum absolute atomic E-state index is 11.5. The van der Waals surface area contributed by atoms with Crippen LogP contribution in [0.4, 0.5) is 0 Å². The number of benzene rings is 2. The molecule has 1 aromatic heterocycles. The quantitative estimate of drug-likeness (QED) is 0.492. The van der Waals surface area contributed by atoms with E-state index in [1.165, 1.54) is 0 Å². The number of ketones is 1. The second-order valence-electron chi connectivity index (χ2n) is 5.66. The van der Waals surface area contributed by atoms with E-state index in [0.717, 1.165) is 27.5 Å². The molecule has 2 aromatic carbocycles. The van der Waals surface area contributed by atoms with Crippen molar-refractivity contribution < 1.29 is 14.3 Å². The van der Waals surface area contributed by atoms with E-state index < -0.39 is 0 Å². The smallest absolute Gasteiger partial charge is 0.219 e. The van der Waals surface area contributed by atoms with E-state index in [4.69, 9.17) is 9.47 Å². The number of rotatable bonds is 6. The van der Waals surface area contributed by atoms with E-state index in [-0.39, 0.29) is 5.78 Å². The van der Waals surface area contributed by atoms with Crippen LogP contribution in [0.25, 0.3) is 10.9 Å². The maximum Gasteiger partial charge on any atom is 0.219 e. The van der Waals surface area contributed by atoms with E-state index in [2.05, 4.69) is 27.8 Å². The third-order valence-electron chi connectivity index (χ3n) is 3.66. The molecule has 0 radical (unpaired) electrons. The summed E-state index contributed by atoms with van der Waals surface area (Å²) in [6.45, 7) is 4.30. The first-order valence-electron chi connectivity index (χ1n) is 8.09. The van der Waals surface area contributed by atoms with Gasteiger partial charge in [-0.15, -0.1) is 0 Å². The van der Waals surface area contributed by atoms with Gasteiger partial charge in [-0.25, -0.2) is 4.98 Å². The highest BCUT2D eigenvalue weighted by Gasteiger charge is 2.08. The minimum Gasteiger partial charge on any atom is -0.494 e. The van der Waals surface area contributed by atoms with Crippen molar-refractivity contribution in [3.63, 3.8) is 0 Å². The average Bonchev–Trinajstić information content (AvgIpc) is 2.61. The van der Waals surface area contributed by atoms with Crippen LogP contribution in [0.5, 0.6) is 17.4 Å². The first-order valence-corrected chi connectivity index (χ1v) is 8.88. The molecule has 0 saturated carbocycles. The average molecular weight is 400 g/mol. The standard InChI is InChI=1S/C20H18BrNO3/c1-3-10-24-16-6-8-19(17(21)12-16)25-20-9-5-15-11-14(13(2)23)4-7-18(15)22-20/h4-9,11-12H,3,10H2,1-2H3. The minimum absolute atomic E-state index is 0.0385. The number of hydrogen-bond donors (Lipinski definition) is 0. The summed E-state index contributed by atoms with van der Waals surface area (Å²) < 4.78 is 12.3. The van der Waals surface area contributed by atoms with Gasteiger partial charge in [-0.2, -0.15) is 0 Å². The van der Waals surface area contributed by atoms with E-state index in [1.54, 1.807) is 19.1 Å².